The van der Waals surface area contributed by atoms with Crippen molar-refractivity contribution in [3.63, 3.8) is 0 Å². The Morgan fingerprint density at radius 2 is 2.06 bits per heavy atom. The quantitative estimate of drug-likeness (QED) is 0.679. The summed E-state index contributed by atoms with van der Waals surface area (Å²) in [6.45, 7) is 4.33. The van der Waals surface area contributed by atoms with Crippen LogP contribution in [0.15, 0.2) is 18.2 Å². The zero-order chi connectivity index (χ0) is 11.9. The summed E-state index contributed by atoms with van der Waals surface area (Å²) in [5.74, 6) is 0.177. The van der Waals surface area contributed by atoms with Gasteiger partial charge in [0.25, 0.3) is 0 Å². The monoisotopic (exact) mass is 218 g/mol. The van der Waals surface area contributed by atoms with Crippen molar-refractivity contribution in [2.45, 2.75) is 32.1 Å². The number of rotatable bonds is 0. The zero-order valence-electron chi connectivity index (χ0n) is 10.1. The van der Waals surface area contributed by atoms with Gasteiger partial charge in [-0.05, 0) is 35.6 Å². The Kier molecular flexibility index (Phi) is 2.41. The first-order valence-corrected chi connectivity index (χ1v) is 5.58. The molecule has 0 atom stereocenters. The lowest BCUT2D eigenvalue weighted by Gasteiger charge is -2.26. The average Bonchev–Trinajstić information content (AvgIpc) is 2.31. The molecule has 1 aliphatic rings. The summed E-state index contributed by atoms with van der Waals surface area (Å²) in [4.78, 5) is 13.6. The van der Waals surface area contributed by atoms with Gasteiger partial charge >= 0.3 is 0 Å². The van der Waals surface area contributed by atoms with Crippen molar-refractivity contribution in [3.05, 3.63) is 23.8 Å². The number of anilines is 2. The van der Waals surface area contributed by atoms with Gasteiger partial charge in [-0.25, -0.2) is 0 Å². The van der Waals surface area contributed by atoms with E-state index in [1.165, 1.54) is 5.56 Å². The molecule has 16 heavy (non-hydrogen) atoms. The first-order chi connectivity index (χ1) is 7.42. The van der Waals surface area contributed by atoms with Crippen LogP contribution in [0.2, 0.25) is 0 Å². The molecule has 0 saturated heterocycles. The van der Waals surface area contributed by atoms with Gasteiger partial charge in [-0.2, -0.15) is 0 Å². The van der Waals surface area contributed by atoms with Crippen LogP contribution in [0.4, 0.5) is 11.4 Å². The van der Waals surface area contributed by atoms with Gasteiger partial charge < -0.3 is 10.6 Å². The molecule has 0 spiro atoms. The van der Waals surface area contributed by atoms with E-state index in [-0.39, 0.29) is 11.3 Å². The fourth-order valence-electron chi connectivity index (χ4n) is 2.24. The number of hydrogen-bond acceptors (Lipinski definition) is 2. The normalized spacial score (nSPS) is 19.2. The minimum Gasteiger partial charge on any atom is -0.399 e. The van der Waals surface area contributed by atoms with Crippen LogP contribution in [0.5, 0.6) is 0 Å². The topological polar surface area (TPSA) is 46.3 Å². The minimum atomic E-state index is 0.00509. The van der Waals surface area contributed by atoms with Crippen LogP contribution >= 0.6 is 0 Å². The van der Waals surface area contributed by atoms with Crippen LogP contribution in [0, 0.1) is 0 Å². The van der Waals surface area contributed by atoms with Crippen LogP contribution < -0.4 is 10.6 Å². The summed E-state index contributed by atoms with van der Waals surface area (Å²) < 4.78 is 0. The van der Waals surface area contributed by atoms with Crippen LogP contribution in [0.3, 0.4) is 0 Å². The molecule has 1 aromatic rings. The van der Waals surface area contributed by atoms with Gasteiger partial charge in [-0.3, -0.25) is 4.79 Å². The van der Waals surface area contributed by atoms with Crippen LogP contribution in [-0.2, 0) is 10.2 Å². The molecule has 0 aliphatic carbocycles. The Morgan fingerprint density at radius 1 is 1.38 bits per heavy atom. The van der Waals surface area contributed by atoms with Gasteiger partial charge in [0.1, 0.15) is 0 Å². The second-order valence-electron chi connectivity index (χ2n) is 5.11. The number of carbonyl (C=O) groups excluding carboxylic acids is 1. The number of nitrogen functional groups attached to an aromatic ring is 1. The molecule has 0 radical (unpaired) electrons. The number of benzene rings is 1. The first kappa shape index (κ1) is 11.0. The van der Waals surface area contributed by atoms with Gasteiger partial charge in [0.2, 0.25) is 5.91 Å². The highest BCUT2D eigenvalue weighted by atomic mass is 16.2. The van der Waals surface area contributed by atoms with Crippen LogP contribution in [-0.4, -0.2) is 13.0 Å². The zero-order valence-corrected chi connectivity index (χ0v) is 10.1. The maximum atomic E-state index is 11.8. The van der Waals surface area contributed by atoms with Gasteiger partial charge in [0.05, 0.1) is 0 Å². The number of carbonyl (C=O) groups is 1. The third-order valence-electron chi connectivity index (χ3n) is 3.45. The van der Waals surface area contributed by atoms with Crippen molar-refractivity contribution >= 4 is 17.3 Å². The molecule has 0 saturated carbocycles. The van der Waals surface area contributed by atoms with Crippen molar-refractivity contribution in [2.24, 2.45) is 0 Å². The standard InChI is InChI=1S/C13H18N2O/c1-13(2)7-6-12(16)15(3)11-5-4-9(14)8-10(11)13/h4-5,8H,6-7,14H2,1-3H3. The fraction of sp³-hybridized carbons (Fsp3) is 0.462. The molecule has 3 nitrogen and oxygen atoms in total. The highest BCUT2D eigenvalue weighted by Crippen LogP contribution is 2.39. The predicted octanol–water partition coefficient (Wildman–Crippen LogP) is 2.30. The van der Waals surface area contributed by atoms with Crippen molar-refractivity contribution in [1.29, 1.82) is 0 Å². The third kappa shape index (κ3) is 1.66. The number of fused-ring (bicyclic) bond motifs is 1. The number of nitrogens with two attached hydrogens (primary N) is 1. The fourth-order valence-corrected chi connectivity index (χ4v) is 2.24. The summed E-state index contributed by atoms with van der Waals surface area (Å²) in [6, 6.07) is 5.78. The predicted molar refractivity (Wildman–Crippen MR) is 66.5 cm³/mol. The van der Waals surface area contributed by atoms with E-state index >= 15 is 0 Å². The van der Waals surface area contributed by atoms with E-state index in [1.807, 2.05) is 25.2 Å². The molecule has 0 bridgehead atoms. The molecule has 3 heteroatoms. The van der Waals surface area contributed by atoms with Crippen molar-refractivity contribution in [1.82, 2.24) is 0 Å². The Labute approximate surface area is 96.2 Å². The second-order valence-corrected chi connectivity index (χ2v) is 5.11. The molecule has 2 rings (SSSR count). The van der Waals surface area contributed by atoms with E-state index < -0.39 is 0 Å². The van der Waals surface area contributed by atoms with Gasteiger partial charge in [0.15, 0.2) is 0 Å². The molecular formula is C13H18N2O. The molecule has 0 aromatic heterocycles. The average molecular weight is 218 g/mol. The summed E-state index contributed by atoms with van der Waals surface area (Å²) >= 11 is 0. The summed E-state index contributed by atoms with van der Waals surface area (Å²) in [6.07, 6.45) is 1.46. The molecule has 1 aliphatic heterocycles. The van der Waals surface area contributed by atoms with Crippen LogP contribution in [0.1, 0.15) is 32.3 Å². The van der Waals surface area contributed by atoms with Gasteiger partial charge in [0, 0.05) is 24.8 Å². The molecule has 86 valence electrons. The Hall–Kier alpha value is -1.51. The lowest BCUT2D eigenvalue weighted by atomic mass is 9.80. The maximum absolute atomic E-state index is 11.8. The molecular weight excluding hydrogens is 200 g/mol. The Bertz CT molecular complexity index is 438. The largest absolute Gasteiger partial charge is 0.399 e. The summed E-state index contributed by atoms with van der Waals surface area (Å²) in [5.41, 5.74) is 8.75. The van der Waals surface area contributed by atoms with Crippen molar-refractivity contribution in [3.8, 4) is 0 Å². The molecule has 1 amide bonds. The van der Waals surface area contributed by atoms with E-state index in [9.17, 15) is 4.79 Å². The molecule has 1 heterocycles. The lowest BCUT2D eigenvalue weighted by molar-refractivity contribution is -0.118. The molecule has 1 aromatic carbocycles. The number of nitrogens with zero attached hydrogens (tertiary/aromatic N) is 1. The highest BCUT2D eigenvalue weighted by molar-refractivity contribution is 5.95. The van der Waals surface area contributed by atoms with Crippen molar-refractivity contribution in [2.75, 3.05) is 17.7 Å². The Morgan fingerprint density at radius 3 is 2.75 bits per heavy atom. The SMILES string of the molecule is CN1C(=O)CCC(C)(C)c2cc(N)ccc21. The first-order valence-electron chi connectivity index (χ1n) is 5.58. The third-order valence-corrected chi connectivity index (χ3v) is 3.45. The smallest absolute Gasteiger partial charge is 0.226 e. The van der Waals surface area contributed by atoms with Crippen molar-refractivity contribution < 1.29 is 4.79 Å². The van der Waals surface area contributed by atoms with E-state index in [4.69, 9.17) is 5.73 Å². The molecule has 2 N–H and O–H groups in total. The lowest BCUT2D eigenvalue weighted by Crippen LogP contribution is -2.25. The summed E-state index contributed by atoms with van der Waals surface area (Å²) in [5, 5.41) is 0. The number of hydrogen-bond donors (Lipinski definition) is 1. The molecule has 0 unspecified atom stereocenters. The van der Waals surface area contributed by atoms with E-state index in [2.05, 4.69) is 13.8 Å². The Balaban J connectivity index is 2.63. The second kappa shape index (κ2) is 3.51. The van der Waals surface area contributed by atoms with Gasteiger partial charge in [-0.15, -0.1) is 0 Å². The summed E-state index contributed by atoms with van der Waals surface area (Å²) in [7, 11) is 1.83. The van der Waals surface area contributed by atoms with Crippen LogP contribution in [0.25, 0.3) is 0 Å². The number of amides is 1. The minimum absolute atomic E-state index is 0.00509. The maximum Gasteiger partial charge on any atom is 0.226 e. The van der Waals surface area contributed by atoms with E-state index in [0.717, 1.165) is 17.8 Å². The van der Waals surface area contributed by atoms with E-state index in [1.54, 1.807) is 4.90 Å². The highest BCUT2D eigenvalue weighted by Gasteiger charge is 2.31. The van der Waals surface area contributed by atoms with E-state index in [0.29, 0.717) is 6.42 Å². The molecule has 0 fully saturated rings. The van der Waals surface area contributed by atoms with Gasteiger partial charge in [-0.1, -0.05) is 13.8 Å².